The Bertz CT molecular complexity index is 1090. The first-order chi connectivity index (χ1) is 15.5. The van der Waals surface area contributed by atoms with Crippen LogP contribution in [-0.4, -0.2) is 30.1 Å². The fourth-order valence-corrected chi connectivity index (χ4v) is 4.83. The summed E-state index contributed by atoms with van der Waals surface area (Å²) in [6.45, 7) is 9.34. The number of aromatic nitrogens is 1. The quantitative estimate of drug-likeness (QED) is 0.397. The van der Waals surface area contributed by atoms with Crippen LogP contribution >= 0.6 is 11.3 Å². The van der Waals surface area contributed by atoms with Crippen molar-refractivity contribution in [3.63, 3.8) is 0 Å². The SMILES string of the molecule is CCc1ccc(OCCCN2C(=O)C(CC)Oc3ccc(-c4nc(C)sc4C)cc32)cc1. The van der Waals surface area contributed by atoms with Gasteiger partial charge in [-0.1, -0.05) is 26.0 Å². The van der Waals surface area contributed by atoms with E-state index in [4.69, 9.17) is 9.47 Å². The largest absolute Gasteiger partial charge is 0.494 e. The normalized spacial score (nSPS) is 15.4. The first-order valence-electron chi connectivity index (χ1n) is 11.3. The van der Waals surface area contributed by atoms with Gasteiger partial charge in [-0.25, -0.2) is 4.98 Å². The zero-order valence-corrected chi connectivity index (χ0v) is 20.0. The van der Waals surface area contributed by atoms with Gasteiger partial charge in [-0.15, -0.1) is 11.3 Å². The van der Waals surface area contributed by atoms with Crippen molar-refractivity contribution in [1.29, 1.82) is 0 Å². The second-order valence-corrected chi connectivity index (χ2v) is 9.43. The van der Waals surface area contributed by atoms with Gasteiger partial charge >= 0.3 is 0 Å². The van der Waals surface area contributed by atoms with E-state index >= 15 is 0 Å². The average molecular weight is 451 g/mol. The summed E-state index contributed by atoms with van der Waals surface area (Å²) in [5, 5.41) is 1.04. The maximum atomic E-state index is 13.1. The molecule has 1 unspecified atom stereocenters. The molecule has 1 aromatic heterocycles. The van der Waals surface area contributed by atoms with Crippen LogP contribution < -0.4 is 14.4 Å². The third kappa shape index (κ3) is 4.65. The lowest BCUT2D eigenvalue weighted by atomic mass is 10.1. The Balaban J connectivity index is 1.50. The molecule has 1 atom stereocenters. The number of thiazole rings is 1. The highest BCUT2D eigenvalue weighted by Gasteiger charge is 2.33. The summed E-state index contributed by atoms with van der Waals surface area (Å²) in [4.78, 5) is 20.8. The summed E-state index contributed by atoms with van der Waals surface area (Å²) in [6, 6.07) is 14.2. The number of benzene rings is 2. The van der Waals surface area contributed by atoms with E-state index in [-0.39, 0.29) is 5.91 Å². The van der Waals surface area contributed by atoms with E-state index in [1.54, 1.807) is 11.3 Å². The highest BCUT2D eigenvalue weighted by atomic mass is 32.1. The van der Waals surface area contributed by atoms with E-state index in [1.807, 2.05) is 49.1 Å². The van der Waals surface area contributed by atoms with E-state index < -0.39 is 6.10 Å². The Kier molecular flexibility index (Phi) is 6.80. The van der Waals surface area contributed by atoms with Gasteiger partial charge in [0.15, 0.2) is 6.10 Å². The molecular formula is C26H30N2O3S. The molecule has 4 rings (SSSR count). The topological polar surface area (TPSA) is 51.7 Å². The minimum absolute atomic E-state index is 0.00984. The smallest absolute Gasteiger partial charge is 0.268 e. The lowest BCUT2D eigenvalue weighted by molar-refractivity contribution is -0.126. The Morgan fingerprint density at radius 1 is 1.12 bits per heavy atom. The van der Waals surface area contributed by atoms with Crippen molar-refractivity contribution in [3.05, 3.63) is 57.9 Å². The van der Waals surface area contributed by atoms with Gasteiger partial charge in [-0.3, -0.25) is 4.79 Å². The monoisotopic (exact) mass is 450 g/mol. The summed E-state index contributed by atoms with van der Waals surface area (Å²) in [6.07, 6.45) is 1.94. The molecule has 1 amide bonds. The van der Waals surface area contributed by atoms with Gasteiger partial charge in [0.25, 0.3) is 5.91 Å². The molecule has 0 saturated heterocycles. The lowest BCUT2D eigenvalue weighted by Crippen LogP contribution is -2.46. The van der Waals surface area contributed by atoms with Gasteiger partial charge in [-0.2, -0.15) is 0 Å². The summed E-state index contributed by atoms with van der Waals surface area (Å²) in [5.41, 5.74) is 4.09. The standard InChI is InChI=1S/C26H30N2O3S/c1-5-19-8-11-21(12-9-19)30-15-7-14-28-22-16-20(25-17(3)32-18(4)27-25)10-13-24(22)31-23(6-2)26(28)29/h8-13,16,23H,5-7,14-15H2,1-4H3. The summed E-state index contributed by atoms with van der Waals surface area (Å²) in [5.74, 6) is 1.62. The van der Waals surface area contributed by atoms with Crippen molar-refractivity contribution >= 4 is 22.9 Å². The van der Waals surface area contributed by atoms with Crippen LogP contribution in [0.2, 0.25) is 0 Å². The number of carbonyl (C=O) groups excluding carboxylic acids is 1. The van der Waals surface area contributed by atoms with Crippen LogP contribution in [0.15, 0.2) is 42.5 Å². The number of hydrogen-bond donors (Lipinski definition) is 0. The van der Waals surface area contributed by atoms with Gasteiger partial charge in [0.1, 0.15) is 11.5 Å². The highest BCUT2D eigenvalue weighted by Crippen LogP contribution is 2.39. The number of ether oxygens (including phenoxy) is 2. The molecule has 2 heterocycles. The molecule has 3 aromatic rings. The molecular weight excluding hydrogens is 420 g/mol. The number of aryl methyl sites for hydroxylation is 3. The minimum Gasteiger partial charge on any atom is -0.494 e. The Morgan fingerprint density at radius 3 is 2.56 bits per heavy atom. The van der Waals surface area contributed by atoms with E-state index in [1.165, 1.54) is 10.4 Å². The van der Waals surface area contributed by atoms with Crippen molar-refractivity contribution in [2.45, 2.75) is 53.1 Å². The van der Waals surface area contributed by atoms with Crippen molar-refractivity contribution in [2.75, 3.05) is 18.1 Å². The van der Waals surface area contributed by atoms with Crippen LogP contribution in [0.5, 0.6) is 11.5 Å². The second-order valence-electron chi connectivity index (χ2n) is 8.02. The second kappa shape index (κ2) is 9.74. The zero-order valence-electron chi connectivity index (χ0n) is 19.2. The summed E-state index contributed by atoms with van der Waals surface area (Å²) >= 11 is 1.68. The highest BCUT2D eigenvalue weighted by molar-refractivity contribution is 7.11. The third-order valence-electron chi connectivity index (χ3n) is 5.73. The molecule has 0 spiro atoms. The van der Waals surface area contributed by atoms with E-state index in [0.29, 0.717) is 19.6 Å². The molecule has 2 aromatic carbocycles. The fraction of sp³-hybridized carbons (Fsp3) is 0.385. The van der Waals surface area contributed by atoms with E-state index in [2.05, 4.69) is 31.0 Å². The molecule has 0 fully saturated rings. The van der Waals surface area contributed by atoms with Crippen LogP contribution in [0.1, 0.15) is 42.1 Å². The Labute approximate surface area is 194 Å². The van der Waals surface area contributed by atoms with Gasteiger partial charge in [0.2, 0.25) is 0 Å². The first-order valence-corrected chi connectivity index (χ1v) is 12.1. The van der Waals surface area contributed by atoms with Crippen molar-refractivity contribution in [3.8, 4) is 22.8 Å². The fourth-order valence-electron chi connectivity index (χ4n) is 3.99. The molecule has 1 aliphatic heterocycles. The van der Waals surface area contributed by atoms with Crippen molar-refractivity contribution < 1.29 is 14.3 Å². The average Bonchev–Trinajstić information content (AvgIpc) is 3.15. The molecule has 0 saturated carbocycles. The number of nitrogens with zero attached hydrogens (tertiary/aromatic N) is 2. The number of fused-ring (bicyclic) bond motifs is 1. The molecule has 0 N–H and O–H groups in total. The van der Waals surface area contributed by atoms with Gasteiger partial charge in [0, 0.05) is 17.0 Å². The maximum Gasteiger partial charge on any atom is 0.268 e. The van der Waals surface area contributed by atoms with Gasteiger partial charge in [0.05, 0.1) is 23.0 Å². The number of amides is 1. The molecule has 0 aliphatic carbocycles. The van der Waals surface area contributed by atoms with Crippen molar-refractivity contribution in [1.82, 2.24) is 4.98 Å². The van der Waals surface area contributed by atoms with Crippen molar-refractivity contribution in [2.24, 2.45) is 0 Å². The molecule has 0 radical (unpaired) electrons. The Hall–Kier alpha value is -2.86. The van der Waals surface area contributed by atoms with Crippen LogP contribution in [-0.2, 0) is 11.2 Å². The van der Waals surface area contributed by atoms with Crippen LogP contribution in [0.25, 0.3) is 11.3 Å². The predicted octanol–water partition coefficient (Wildman–Crippen LogP) is 5.96. The molecule has 5 nitrogen and oxygen atoms in total. The van der Waals surface area contributed by atoms with Crippen LogP contribution in [0, 0.1) is 13.8 Å². The van der Waals surface area contributed by atoms with Crippen LogP contribution in [0.3, 0.4) is 0 Å². The molecule has 6 heteroatoms. The summed E-state index contributed by atoms with van der Waals surface area (Å²) in [7, 11) is 0. The Morgan fingerprint density at radius 2 is 1.91 bits per heavy atom. The predicted molar refractivity (Wildman–Crippen MR) is 130 cm³/mol. The van der Waals surface area contributed by atoms with E-state index in [0.717, 1.165) is 46.3 Å². The van der Waals surface area contributed by atoms with Gasteiger partial charge < -0.3 is 14.4 Å². The lowest BCUT2D eigenvalue weighted by Gasteiger charge is -2.34. The molecule has 168 valence electrons. The number of hydrogen-bond acceptors (Lipinski definition) is 5. The number of anilines is 1. The maximum absolute atomic E-state index is 13.1. The molecule has 0 bridgehead atoms. The van der Waals surface area contributed by atoms with E-state index in [9.17, 15) is 4.79 Å². The van der Waals surface area contributed by atoms with Crippen LogP contribution in [0.4, 0.5) is 5.69 Å². The molecule has 1 aliphatic rings. The van der Waals surface area contributed by atoms with Gasteiger partial charge in [-0.05, 0) is 69.0 Å². The molecule has 32 heavy (non-hydrogen) atoms. The third-order valence-corrected chi connectivity index (χ3v) is 6.62. The zero-order chi connectivity index (χ0) is 22.7. The number of carbonyl (C=O) groups is 1. The number of rotatable bonds is 8. The minimum atomic E-state index is -0.445. The summed E-state index contributed by atoms with van der Waals surface area (Å²) < 4.78 is 11.9. The first kappa shape index (κ1) is 22.3.